The van der Waals surface area contributed by atoms with E-state index < -0.39 is 15.9 Å². The molecule has 0 spiro atoms. The highest BCUT2D eigenvalue weighted by Gasteiger charge is 2.20. The molecule has 2 heterocycles. The Morgan fingerprint density at radius 2 is 2.25 bits per heavy atom. The van der Waals surface area contributed by atoms with Crippen molar-refractivity contribution >= 4 is 26.9 Å². The van der Waals surface area contributed by atoms with Gasteiger partial charge in [0, 0.05) is 24.1 Å². The van der Waals surface area contributed by atoms with E-state index >= 15 is 0 Å². The molecule has 5 nitrogen and oxygen atoms in total. The highest BCUT2D eigenvalue weighted by atomic mass is 32.2. The molecular weight excluding hydrogens is 296 g/mol. The van der Waals surface area contributed by atoms with Gasteiger partial charge in [0.2, 0.25) is 0 Å². The second-order valence-corrected chi connectivity index (χ2v) is 7.64. The minimum atomic E-state index is -3.41. The van der Waals surface area contributed by atoms with Crippen LogP contribution >= 0.6 is 11.3 Å². The second kappa shape index (κ2) is 6.34. The van der Waals surface area contributed by atoms with Crippen LogP contribution in [0.5, 0.6) is 0 Å². The number of aromatic nitrogens is 1. The summed E-state index contributed by atoms with van der Waals surface area (Å²) in [7, 11) is -3.41. The zero-order valence-corrected chi connectivity index (χ0v) is 12.6. The van der Waals surface area contributed by atoms with E-state index in [1.807, 2.05) is 13.0 Å². The molecule has 0 radical (unpaired) electrons. The van der Waals surface area contributed by atoms with Crippen molar-refractivity contribution in [2.45, 2.75) is 17.2 Å². The zero-order chi connectivity index (χ0) is 14.6. The van der Waals surface area contributed by atoms with Gasteiger partial charge in [0.15, 0.2) is 9.84 Å². The molecule has 0 fully saturated rings. The van der Waals surface area contributed by atoms with E-state index in [0.29, 0.717) is 0 Å². The number of aliphatic hydroxyl groups excluding tert-OH is 1. The molecule has 2 N–H and O–H groups in total. The number of aryl methyl sites for hydroxylation is 1. The van der Waals surface area contributed by atoms with Crippen LogP contribution in [-0.2, 0) is 9.84 Å². The fraction of sp³-hybridized carbons (Fsp3) is 0.308. The molecule has 1 unspecified atom stereocenters. The minimum Gasteiger partial charge on any atom is -0.390 e. The number of hydrogen-bond donors (Lipinski definition) is 2. The molecule has 2 aromatic heterocycles. The van der Waals surface area contributed by atoms with Crippen LogP contribution in [0.25, 0.3) is 0 Å². The third-order valence-electron chi connectivity index (χ3n) is 2.65. The monoisotopic (exact) mass is 312 g/mol. The Morgan fingerprint density at radius 3 is 2.90 bits per heavy atom. The van der Waals surface area contributed by atoms with Crippen molar-refractivity contribution in [1.29, 1.82) is 0 Å². The lowest BCUT2D eigenvalue weighted by atomic mass is 10.3. The van der Waals surface area contributed by atoms with Gasteiger partial charge in [-0.3, -0.25) is 4.98 Å². The van der Waals surface area contributed by atoms with E-state index in [2.05, 4.69) is 10.3 Å². The number of thiophene rings is 1. The zero-order valence-electron chi connectivity index (χ0n) is 11.0. The van der Waals surface area contributed by atoms with Crippen molar-refractivity contribution < 1.29 is 13.5 Å². The van der Waals surface area contributed by atoms with Gasteiger partial charge in [0.1, 0.15) is 4.21 Å². The molecule has 0 aliphatic carbocycles. The first-order valence-electron chi connectivity index (χ1n) is 6.08. The van der Waals surface area contributed by atoms with E-state index in [-0.39, 0.29) is 16.5 Å². The number of aliphatic hydroxyl groups is 1. The van der Waals surface area contributed by atoms with Gasteiger partial charge in [-0.25, -0.2) is 8.42 Å². The van der Waals surface area contributed by atoms with E-state index in [4.69, 9.17) is 0 Å². The van der Waals surface area contributed by atoms with Crippen LogP contribution < -0.4 is 5.32 Å². The molecule has 0 saturated carbocycles. The molecule has 20 heavy (non-hydrogen) atoms. The fourth-order valence-electron chi connectivity index (χ4n) is 1.73. The molecule has 7 heteroatoms. The molecule has 0 aromatic carbocycles. The summed E-state index contributed by atoms with van der Waals surface area (Å²) in [6.45, 7) is 2.04. The molecule has 1 atom stereocenters. The maximum Gasteiger partial charge on any atom is 0.190 e. The first-order valence-corrected chi connectivity index (χ1v) is 8.61. The summed E-state index contributed by atoms with van der Waals surface area (Å²) in [6.07, 6.45) is 0.697. The Balaban J connectivity index is 1.91. The number of nitrogens with zero attached hydrogens (tertiary/aromatic N) is 1. The Labute approximate surface area is 122 Å². The SMILES string of the molecule is Cc1cc(NCC(O)CS(=O)(=O)c2cccs2)ccn1. The maximum atomic E-state index is 12.0. The van der Waals surface area contributed by atoms with Crippen molar-refractivity contribution in [3.8, 4) is 0 Å². The van der Waals surface area contributed by atoms with E-state index in [1.165, 1.54) is 0 Å². The Bertz CT molecular complexity index is 654. The van der Waals surface area contributed by atoms with Crippen LogP contribution in [0.1, 0.15) is 5.69 Å². The summed E-state index contributed by atoms with van der Waals surface area (Å²) >= 11 is 1.16. The molecule has 0 bridgehead atoms. The summed E-state index contributed by atoms with van der Waals surface area (Å²) in [5.41, 5.74) is 1.67. The molecule has 0 aliphatic heterocycles. The topological polar surface area (TPSA) is 79.3 Å². The predicted molar refractivity (Wildman–Crippen MR) is 79.8 cm³/mol. The standard InChI is InChI=1S/C13H16N2O3S2/c1-10-7-11(4-5-14-10)15-8-12(16)9-20(17,18)13-3-2-6-19-13/h2-7,12,16H,8-9H2,1H3,(H,14,15). The Kier molecular flexibility index (Phi) is 4.74. The first kappa shape index (κ1) is 15.0. The van der Waals surface area contributed by atoms with E-state index in [1.54, 1.807) is 29.8 Å². The molecule has 0 amide bonds. The van der Waals surface area contributed by atoms with Crippen LogP contribution in [0.15, 0.2) is 40.1 Å². The van der Waals surface area contributed by atoms with E-state index in [9.17, 15) is 13.5 Å². The van der Waals surface area contributed by atoms with Crippen LogP contribution in [0, 0.1) is 6.92 Å². The number of rotatable bonds is 6. The molecule has 2 rings (SSSR count). The van der Waals surface area contributed by atoms with Gasteiger partial charge in [-0.05, 0) is 30.5 Å². The summed E-state index contributed by atoms with van der Waals surface area (Å²) in [6, 6.07) is 6.84. The molecular formula is C13H16N2O3S2. The lowest BCUT2D eigenvalue weighted by molar-refractivity contribution is 0.210. The third kappa shape index (κ3) is 4.03. The average Bonchev–Trinajstić information content (AvgIpc) is 2.90. The van der Waals surface area contributed by atoms with Crippen LogP contribution in [0.2, 0.25) is 0 Å². The molecule has 2 aromatic rings. The van der Waals surface area contributed by atoms with Crippen LogP contribution in [0.3, 0.4) is 0 Å². The van der Waals surface area contributed by atoms with Gasteiger partial charge in [-0.1, -0.05) is 6.07 Å². The smallest absolute Gasteiger partial charge is 0.190 e. The number of hydrogen-bond acceptors (Lipinski definition) is 6. The second-order valence-electron chi connectivity index (χ2n) is 4.43. The Hall–Kier alpha value is -1.44. The van der Waals surface area contributed by atoms with Crippen LogP contribution in [-0.4, -0.2) is 36.9 Å². The van der Waals surface area contributed by atoms with Crippen molar-refractivity contribution in [3.63, 3.8) is 0 Å². The van der Waals surface area contributed by atoms with E-state index in [0.717, 1.165) is 22.7 Å². The lowest BCUT2D eigenvalue weighted by Gasteiger charge is -2.12. The molecule has 108 valence electrons. The van der Waals surface area contributed by atoms with Crippen LogP contribution in [0.4, 0.5) is 5.69 Å². The maximum absolute atomic E-state index is 12.0. The average molecular weight is 312 g/mol. The molecule has 0 saturated heterocycles. The summed E-state index contributed by atoms with van der Waals surface area (Å²) < 4.78 is 24.3. The van der Waals surface area contributed by atoms with Crippen molar-refractivity contribution in [2.24, 2.45) is 0 Å². The van der Waals surface area contributed by atoms with Gasteiger partial charge in [0.05, 0.1) is 11.9 Å². The summed E-state index contributed by atoms with van der Waals surface area (Å²) in [4.78, 5) is 4.06. The summed E-state index contributed by atoms with van der Waals surface area (Å²) in [5, 5.41) is 14.6. The Morgan fingerprint density at radius 1 is 1.45 bits per heavy atom. The highest BCUT2D eigenvalue weighted by molar-refractivity contribution is 7.93. The largest absolute Gasteiger partial charge is 0.390 e. The normalized spacial score (nSPS) is 13.1. The van der Waals surface area contributed by atoms with Crippen molar-refractivity contribution in [2.75, 3.05) is 17.6 Å². The number of anilines is 1. The van der Waals surface area contributed by atoms with Gasteiger partial charge >= 0.3 is 0 Å². The highest BCUT2D eigenvalue weighted by Crippen LogP contribution is 2.18. The number of sulfone groups is 1. The molecule has 0 aliphatic rings. The number of pyridine rings is 1. The third-order valence-corrected chi connectivity index (χ3v) is 5.94. The van der Waals surface area contributed by atoms with Crippen molar-refractivity contribution in [3.05, 3.63) is 41.5 Å². The van der Waals surface area contributed by atoms with Gasteiger partial charge < -0.3 is 10.4 Å². The van der Waals surface area contributed by atoms with Gasteiger partial charge in [-0.2, -0.15) is 0 Å². The van der Waals surface area contributed by atoms with Crippen molar-refractivity contribution in [1.82, 2.24) is 4.98 Å². The first-order chi connectivity index (χ1) is 9.47. The lowest BCUT2D eigenvalue weighted by Crippen LogP contribution is -2.27. The predicted octanol–water partition coefficient (Wildman–Crippen LogP) is 1.70. The number of nitrogens with one attached hydrogen (secondary N) is 1. The van der Waals surface area contributed by atoms with Gasteiger partial charge in [-0.15, -0.1) is 11.3 Å². The van der Waals surface area contributed by atoms with Gasteiger partial charge in [0.25, 0.3) is 0 Å². The minimum absolute atomic E-state index is 0.175. The fourth-order valence-corrected chi connectivity index (χ4v) is 4.21. The quantitative estimate of drug-likeness (QED) is 0.848. The summed E-state index contributed by atoms with van der Waals surface area (Å²) in [5.74, 6) is -0.287.